The first-order chi connectivity index (χ1) is 10.1. The quantitative estimate of drug-likeness (QED) is 0.696. The number of aliphatic hydroxyl groups is 2. The van der Waals surface area contributed by atoms with Crippen molar-refractivity contribution in [1.82, 2.24) is 4.90 Å². The van der Waals surface area contributed by atoms with Gasteiger partial charge >= 0.3 is 0 Å². The minimum atomic E-state index is -1.04. The van der Waals surface area contributed by atoms with Crippen molar-refractivity contribution in [2.45, 2.75) is 31.5 Å². The Morgan fingerprint density at radius 1 is 1.24 bits per heavy atom. The number of carbonyl (C=O) groups is 1. The molecule has 1 fully saturated rings. The van der Waals surface area contributed by atoms with Gasteiger partial charge in [-0.1, -0.05) is 30.3 Å². The van der Waals surface area contributed by atoms with Gasteiger partial charge in [0, 0.05) is 6.54 Å². The molecule has 0 bridgehead atoms. The Morgan fingerprint density at radius 2 is 1.86 bits per heavy atom. The van der Waals surface area contributed by atoms with Crippen molar-refractivity contribution in [3.63, 3.8) is 0 Å². The third kappa shape index (κ3) is 4.81. The molecule has 1 saturated heterocycles. The molecule has 0 saturated carbocycles. The zero-order chi connectivity index (χ0) is 15.2. The molecule has 0 spiro atoms. The minimum absolute atomic E-state index is 0.0509. The topological polar surface area (TPSA) is 86.8 Å². The number of amides is 1. The van der Waals surface area contributed by atoms with Crippen LogP contribution >= 0.6 is 0 Å². The van der Waals surface area contributed by atoms with Crippen LogP contribution < -0.4 is 5.73 Å². The molecular weight excluding hydrogens is 268 g/mol. The summed E-state index contributed by atoms with van der Waals surface area (Å²) in [5.41, 5.74) is 6.25. The van der Waals surface area contributed by atoms with Crippen molar-refractivity contribution >= 4 is 5.91 Å². The molecule has 5 nitrogen and oxygen atoms in total. The summed E-state index contributed by atoms with van der Waals surface area (Å²) in [5.74, 6) is -0.692. The van der Waals surface area contributed by atoms with Gasteiger partial charge in [-0.25, -0.2) is 0 Å². The fourth-order valence-corrected chi connectivity index (χ4v) is 2.93. The van der Waals surface area contributed by atoms with Crippen LogP contribution in [-0.2, 0) is 11.2 Å². The number of β-amino-alcohol motifs (C(OH)–C–C–N with tert-alkyl or cyclic N) is 1. The maximum atomic E-state index is 11.0. The molecule has 21 heavy (non-hydrogen) atoms. The Hall–Kier alpha value is -1.43. The fourth-order valence-electron chi connectivity index (χ4n) is 2.93. The second-order valence-electron chi connectivity index (χ2n) is 5.83. The van der Waals surface area contributed by atoms with E-state index in [4.69, 9.17) is 5.73 Å². The molecule has 116 valence electrons. The molecule has 5 heteroatoms. The van der Waals surface area contributed by atoms with E-state index in [1.54, 1.807) is 0 Å². The van der Waals surface area contributed by atoms with Gasteiger partial charge in [0.05, 0.1) is 6.10 Å². The lowest BCUT2D eigenvalue weighted by Gasteiger charge is -2.34. The van der Waals surface area contributed by atoms with Crippen LogP contribution in [0.5, 0.6) is 0 Å². The molecule has 1 amide bonds. The highest BCUT2D eigenvalue weighted by Gasteiger charge is 2.28. The average molecular weight is 292 g/mol. The lowest BCUT2D eigenvalue weighted by molar-refractivity contribution is -0.129. The first-order valence-electron chi connectivity index (χ1n) is 7.48. The number of nitrogens with two attached hydrogens (primary N) is 1. The zero-order valence-corrected chi connectivity index (χ0v) is 12.2. The molecule has 0 radical (unpaired) electrons. The minimum Gasteiger partial charge on any atom is -0.391 e. The summed E-state index contributed by atoms with van der Waals surface area (Å²) < 4.78 is 0. The van der Waals surface area contributed by atoms with E-state index >= 15 is 0 Å². The Bertz CT molecular complexity index is 444. The van der Waals surface area contributed by atoms with Crippen LogP contribution in [0.1, 0.15) is 18.4 Å². The summed E-state index contributed by atoms with van der Waals surface area (Å²) in [6, 6.07) is 9.93. The van der Waals surface area contributed by atoms with Crippen LogP contribution in [-0.4, -0.2) is 52.9 Å². The van der Waals surface area contributed by atoms with Crippen molar-refractivity contribution in [1.29, 1.82) is 0 Å². The number of carbonyl (C=O) groups excluding carboxylic acids is 1. The summed E-state index contributed by atoms with van der Waals surface area (Å²) in [6.07, 6.45) is 0.682. The average Bonchev–Trinajstić information content (AvgIpc) is 2.48. The van der Waals surface area contributed by atoms with Gasteiger partial charge in [-0.15, -0.1) is 0 Å². The third-order valence-electron chi connectivity index (χ3n) is 4.15. The van der Waals surface area contributed by atoms with E-state index in [1.807, 2.05) is 30.3 Å². The summed E-state index contributed by atoms with van der Waals surface area (Å²) in [4.78, 5) is 13.2. The zero-order valence-electron chi connectivity index (χ0n) is 12.2. The predicted molar refractivity (Wildman–Crippen MR) is 80.5 cm³/mol. The Kier molecular flexibility index (Phi) is 5.73. The molecule has 1 aliphatic heterocycles. The Morgan fingerprint density at radius 3 is 2.43 bits per heavy atom. The first-order valence-corrected chi connectivity index (χ1v) is 7.48. The molecule has 1 aromatic rings. The van der Waals surface area contributed by atoms with Crippen LogP contribution in [0.15, 0.2) is 30.3 Å². The van der Waals surface area contributed by atoms with Crippen molar-refractivity contribution in [2.24, 2.45) is 11.7 Å². The largest absolute Gasteiger partial charge is 0.391 e. The number of piperidine rings is 1. The maximum absolute atomic E-state index is 11.0. The van der Waals surface area contributed by atoms with Gasteiger partial charge in [-0.3, -0.25) is 4.79 Å². The monoisotopic (exact) mass is 292 g/mol. The first kappa shape index (κ1) is 15.9. The van der Waals surface area contributed by atoms with Crippen LogP contribution in [0.3, 0.4) is 0 Å². The number of benzene rings is 1. The van der Waals surface area contributed by atoms with Gasteiger partial charge in [0.2, 0.25) is 5.91 Å². The number of rotatable bonds is 6. The molecule has 4 N–H and O–H groups in total. The van der Waals surface area contributed by atoms with E-state index in [0.717, 1.165) is 31.5 Å². The van der Waals surface area contributed by atoms with Crippen molar-refractivity contribution < 1.29 is 15.0 Å². The van der Waals surface area contributed by atoms with Crippen molar-refractivity contribution in [2.75, 3.05) is 19.6 Å². The molecule has 0 aromatic heterocycles. The number of hydrogen-bond donors (Lipinski definition) is 3. The number of likely N-dealkylation sites (tertiary alicyclic amines) is 1. The van der Waals surface area contributed by atoms with Gasteiger partial charge in [0.15, 0.2) is 0 Å². The predicted octanol–water partition coefficient (Wildman–Crippen LogP) is 0.148. The lowest BCUT2D eigenvalue weighted by atomic mass is 9.90. The summed E-state index contributed by atoms with van der Waals surface area (Å²) >= 11 is 0. The molecule has 2 rings (SSSR count). The smallest absolute Gasteiger partial charge is 0.246 e. The molecule has 0 aliphatic carbocycles. The second-order valence-corrected chi connectivity index (χ2v) is 5.83. The molecular formula is C16H24N2O3. The van der Waals surface area contributed by atoms with E-state index < -0.39 is 18.1 Å². The van der Waals surface area contributed by atoms with Crippen LogP contribution in [0.4, 0.5) is 0 Å². The Labute approximate surface area is 125 Å². The van der Waals surface area contributed by atoms with Crippen molar-refractivity contribution in [3.05, 3.63) is 35.9 Å². The van der Waals surface area contributed by atoms with E-state index in [1.165, 1.54) is 0 Å². The fraction of sp³-hybridized carbons (Fsp3) is 0.562. The summed E-state index contributed by atoms with van der Waals surface area (Å²) in [6.45, 7) is 2.18. The van der Waals surface area contributed by atoms with Gasteiger partial charge in [-0.2, -0.15) is 0 Å². The highest BCUT2D eigenvalue weighted by Crippen LogP contribution is 2.21. The molecule has 1 aromatic carbocycles. The second kappa shape index (κ2) is 7.54. The highest BCUT2D eigenvalue weighted by atomic mass is 16.3. The number of primary amides is 1. The summed E-state index contributed by atoms with van der Waals surface area (Å²) in [5, 5.41) is 19.8. The van der Waals surface area contributed by atoms with E-state index in [2.05, 4.69) is 4.90 Å². The van der Waals surface area contributed by atoms with Crippen molar-refractivity contribution in [3.8, 4) is 0 Å². The van der Waals surface area contributed by atoms with Crippen LogP contribution in [0, 0.1) is 5.92 Å². The van der Waals surface area contributed by atoms with E-state index in [-0.39, 0.29) is 5.92 Å². The van der Waals surface area contributed by atoms with Crippen LogP contribution in [0.2, 0.25) is 0 Å². The van der Waals surface area contributed by atoms with E-state index in [0.29, 0.717) is 13.0 Å². The van der Waals surface area contributed by atoms with Gasteiger partial charge in [0.25, 0.3) is 0 Å². The standard InChI is InChI=1S/C16H24N2O3/c17-16(21)15(20)13-6-8-18(9-7-13)11-14(19)10-12-4-2-1-3-5-12/h1-5,13-15,19-20H,6-11H2,(H2,17,21). The normalized spacial score (nSPS) is 20.1. The Balaban J connectivity index is 1.74. The molecule has 2 unspecified atom stereocenters. The number of nitrogens with zero attached hydrogens (tertiary/aromatic N) is 1. The van der Waals surface area contributed by atoms with Gasteiger partial charge in [0.1, 0.15) is 6.10 Å². The number of aliphatic hydroxyl groups excluding tert-OH is 2. The van der Waals surface area contributed by atoms with Gasteiger partial charge < -0.3 is 20.8 Å². The molecule has 2 atom stereocenters. The highest BCUT2D eigenvalue weighted by molar-refractivity contribution is 5.78. The SMILES string of the molecule is NC(=O)C(O)C1CCN(CC(O)Cc2ccccc2)CC1. The molecule has 1 heterocycles. The molecule has 1 aliphatic rings. The van der Waals surface area contributed by atoms with E-state index in [9.17, 15) is 15.0 Å². The third-order valence-corrected chi connectivity index (χ3v) is 4.15. The number of hydrogen-bond acceptors (Lipinski definition) is 4. The lowest BCUT2D eigenvalue weighted by Crippen LogP contribution is -2.44. The summed E-state index contributed by atoms with van der Waals surface area (Å²) in [7, 11) is 0. The van der Waals surface area contributed by atoms with Gasteiger partial charge in [-0.05, 0) is 43.8 Å². The maximum Gasteiger partial charge on any atom is 0.246 e. The van der Waals surface area contributed by atoms with Crippen LogP contribution in [0.25, 0.3) is 0 Å².